The number of hydrogen-bond acceptors (Lipinski definition) is 5. The minimum Gasteiger partial charge on any atom is -0.478 e. The number of carboxylic acids is 1. The van der Waals surface area contributed by atoms with Crippen LogP contribution in [0.4, 0.5) is 0 Å². The fourth-order valence-electron chi connectivity index (χ4n) is 2.01. The molecule has 2 aromatic rings. The summed E-state index contributed by atoms with van der Waals surface area (Å²) < 4.78 is 0. The van der Waals surface area contributed by atoms with Gasteiger partial charge in [-0.3, -0.25) is 4.79 Å². The van der Waals surface area contributed by atoms with Crippen LogP contribution >= 0.6 is 11.3 Å². The zero-order chi connectivity index (χ0) is 17.0. The van der Waals surface area contributed by atoms with Crippen LogP contribution in [0.5, 0.6) is 0 Å². The van der Waals surface area contributed by atoms with Gasteiger partial charge in [0.05, 0.1) is 22.0 Å². The lowest BCUT2D eigenvalue weighted by molar-refractivity contribution is 0.0694. The fraction of sp³-hybridized carbons (Fsp3) is 0.375. The number of amides is 1. The Morgan fingerprint density at radius 2 is 2.04 bits per heavy atom. The molecule has 0 aliphatic heterocycles. The van der Waals surface area contributed by atoms with Crippen LogP contribution in [-0.4, -0.2) is 33.5 Å². The number of thiazole rings is 1. The highest BCUT2D eigenvalue weighted by molar-refractivity contribution is 7.09. The molecule has 1 amide bonds. The van der Waals surface area contributed by atoms with Crippen LogP contribution in [-0.2, 0) is 6.42 Å². The zero-order valence-corrected chi connectivity index (χ0v) is 14.1. The van der Waals surface area contributed by atoms with Crippen LogP contribution in [0.3, 0.4) is 0 Å². The summed E-state index contributed by atoms with van der Waals surface area (Å²) in [5.41, 5.74) is 1.61. The molecule has 0 aliphatic carbocycles. The first-order valence-electron chi connectivity index (χ1n) is 7.32. The van der Waals surface area contributed by atoms with Crippen LogP contribution in [0.15, 0.2) is 17.5 Å². The number of carbonyl (C=O) groups is 2. The van der Waals surface area contributed by atoms with Gasteiger partial charge in [0.2, 0.25) is 0 Å². The molecule has 0 aliphatic rings. The summed E-state index contributed by atoms with van der Waals surface area (Å²) in [5, 5.41) is 14.8. The second-order valence-corrected chi connectivity index (χ2v) is 6.36. The van der Waals surface area contributed by atoms with Gasteiger partial charge < -0.3 is 10.4 Å². The quantitative estimate of drug-likeness (QED) is 0.848. The highest BCUT2D eigenvalue weighted by atomic mass is 32.1. The highest BCUT2D eigenvalue weighted by Crippen LogP contribution is 2.19. The lowest BCUT2D eigenvalue weighted by Gasteiger charge is -2.06. The Morgan fingerprint density at radius 3 is 2.61 bits per heavy atom. The molecule has 2 N–H and O–H groups in total. The number of aromatic nitrogens is 2. The molecule has 2 heterocycles. The molecule has 0 bridgehead atoms. The first-order valence-corrected chi connectivity index (χ1v) is 8.20. The predicted molar refractivity (Wildman–Crippen MR) is 88.2 cm³/mol. The second-order valence-electron chi connectivity index (χ2n) is 5.47. The van der Waals surface area contributed by atoms with Gasteiger partial charge in [0.15, 0.2) is 0 Å². The number of aryl methyl sites for hydroxylation is 1. The molecule has 2 aromatic heterocycles. The molecule has 0 atom stereocenters. The number of carbonyl (C=O) groups excluding carboxylic acids is 1. The number of carboxylic acid groups (broad SMARTS) is 1. The SMILES string of the molecule is Cc1nc(C(=O)NCCc2csc(C(C)C)n2)ccc1C(=O)O. The van der Waals surface area contributed by atoms with Crippen molar-refractivity contribution >= 4 is 23.2 Å². The van der Waals surface area contributed by atoms with Crippen LogP contribution in [0, 0.1) is 6.92 Å². The number of rotatable bonds is 6. The van der Waals surface area contributed by atoms with Gasteiger partial charge in [0.1, 0.15) is 5.69 Å². The summed E-state index contributed by atoms with van der Waals surface area (Å²) in [6.45, 7) is 6.23. The van der Waals surface area contributed by atoms with Gasteiger partial charge in [-0.2, -0.15) is 0 Å². The topological polar surface area (TPSA) is 92.2 Å². The molecule has 0 unspecified atom stereocenters. The molecular formula is C16H19N3O3S. The number of aromatic carboxylic acids is 1. The summed E-state index contributed by atoms with van der Waals surface area (Å²) >= 11 is 1.63. The minimum absolute atomic E-state index is 0.102. The Balaban J connectivity index is 1.91. The maximum Gasteiger partial charge on any atom is 0.337 e. The number of hydrogen-bond donors (Lipinski definition) is 2. The molecule has 0 saturated carbocycles. The minimum atomic E-state index is -1.05. The molecule has 0 radical (unpaired) electrons. The molecule has 0 aromatic carbocycles. The van der Waals surface area contributed by atoms with Gasteiger partial charge >= 0.3 is 5.97 Å². The summed E-state index contributed by atoms with van der Waals surface area (Å²) in [6, 6.07) is 2.82. The third-order valence-electron chi connectivity index (χ3n) is 3.28. The number of nitrogens with zero attached hydrogens (tertiary/aromatic N) is 2. The molecule has 23 heavy (non-hydrogen) atoms. The van der Waals surface area contributed by atoms with E-state index < -0.39 is 5.97 Å². The van der Waals surface area contributed by atoms with E-state index in [2.05, 4.69) is 29.1 Å². The Bertz CT molecular complexity index is 725. The predicted octanol–water partition coefficient (Wildman–Crippen LogP) is 2.64. The Hall–Kier alpha value is -2.28. The van der Waals surface area contributed by atoms with Crippen molar-refractivity contribution < 1.29 is 14.7 Å². The van der Waals surface area contributed by atoms with E-state index in [9.17, 15) is 9.59 Å². The van der Waals surface area contributed by atoms with E-state index in [1.807, 2.05) is 5.38 Å². The van der Waals surface area contributed by atoms with Crippen LogP contribution < -0.4 is 5.32 Å². The van der Waals surface area contributed by atoms with Gasteiger partial charge in [-0.05, 0) is 19.1 Å². The molecule has 122 valence electrons. The van der Waals surface area contributed by atoms with Gasteiger partial charge in [-0.1, -0.05) is 13.8 Å². The van der Waals surface area contributed by atoms with Gasteiger partial charge in [-0.25, -0.2) is 14.8 Å². The first-order chi connectivity index (χ1) is 10.9. The van der Waals surface area contributed by atoms with E-state index in [-0.39, 0.29) is 17.2 Å². The van der Waals surface area contributed by atoms with E-state index in [0.717, 1.165) is 10.7 Å². The van der Waals surface area contributed by atoms with Gasteiger partial charge in [0, 0.05) is 24.3 Å². The molecule has 0 fully saturated rings. The third kappa shape index (κ3) is 4.35. The smallest absolute Gasteiger partial charge is 0.337 e. The zero-order valence-electron chi connectivity index (χ0n) is 13.3. The average molecular weight is 333 g/mol. The van der Waals surface area contributed by atoms with Crippen molar-refractivity contribution in [2.24, 2.45) is 0 Å². The molecule has 7 heteroatoms. The van der Waals surface area contributed by atoms with Crippen LogP contribution in [0.25, 0.3) is 0 Å². The average Bonchev–Trinajstić information content (AvgIpc) is 2.95. The van der Waals surface area contributed by atoms with Crippen molar-refractivity contribution in [1.82, 2.24) is 15.3 Å². The third-order valence-corrected chi connectivity index (χ3v) is 4.47. The van der Waals surface area contributed by atoms with Crippen molar-refractivity contribution in [3.8, 4) is 0 Å². The molecule has 0 spiro atoms. The van der Waals surface area contributed by atoms with Gasteiger partial charge in [0.25, 0.3) is 5.91 Å². The molecule has 2 rings (SSSR count). The lowest BCUT2D eigenvalue weighted by atomic mass is 10.2. The number of nitrogens with one attached hydrogen (secondary N) is 1. The van der Waals surface area contributed by atoms with E-state index in [4.69, 9.17) is 5.11 Å². The monoisotopic (exact) mass is 333 g/mol. The first kappa shape index (κ1) is 17.1. The molecule has 6 nitrogen and oxygen atoms in total. The van der Waals surface area contributed by atoms with E-state index >= 15 is 0 Å². The summed E-state index contributed by atoms with van der Waals surface area (Å²) in [4.78, 5) is 31.5. The van der Waals surface area contributed by atoms with E-state index in [0.29, 0.717) is 24.6 Å². The van der Waals surface area contributed by atoms with Crippen molar-refractivity contribution in [3.63, 3.8) is 0 Å². The van der Waals surface area contributed by atoms with Crippen LogP contribution in [0.2, 0.25) is 0 Å². The van der Waals surface area contributed by atoms with Crippen molar-refractivity contribution in [2.75, 3.05) is 6.54 Å². The normalized spacial score (nSPS) is 10.8. The van der Waals surface area contributed by atoms with Crippen LogP contribution in [0.1, 0.15) is 57.0 Å². The maximum absolute atomic E-state index is 12.0. The highest BCUT2D eigenvalue weighted by Gasteiger charge is 2.13. The Labute approximate surface area is 138 Å². The lowest BCUT2D eigenvalue weighted by Crippen LogP contribution is -2.27. The Morgan fingerprint density at radius 1 is 1.30 bits per heavy atom. The summed E-state index contributed by atoms with van der Waals surface area (Å²) in [6.07, 6.45) is 0.654. The van der Waals surface area contributed by atoms with Gasteiger partial charge in [-0.15, -0.1) is 11.3 Å². The number of pyridine rings is 1. The standard InChI is InChI=1S/C16H19N3O3S/c1-9(2)15-19-11(8-23-15)6-7-17-14(20)13-5-4-12(16(21)22)10(3)18-13/h4-5,8-9H,6-7H2,1-3H3,(H,17,20)(H,21,22). The van der Waals surface area contributed by atoms with E-state index in [1.165, 1.54) is 12.1 Å². The second kappa shape index (κ2) is 7.32. The van der Waals surface area contributed by atoms with E-state index in [1.54, 1.807) is 18.3 Å². The Kier molecular flexibility index (Phi) is 5.44. The maximum atomic E-state index is 12.0. The van der Waals surface area contributed by atoms with Crippen molar-refractivity contribution in [3.05, 3.63) is 45.2 Å². The molecule has 0 saturated heterocycles. The van der Waals surface area contributed by atoms with Crippen molar-refractivity contribution in [2.45, 2.75) is 33.1 Å². The van der Waals surface area contributed by atoms with Crippen molar-refractivity contribution in [1.29, 1.82) is 0 Å². The largest absolute Gasteiger partial charge is 0.478 e. The summed E-state index contributed by atoms with van der Waals surface area (Å²) in [7, 11) is 0. The fourth-order valence-corrected chi connectivity index (χ4v) is 2.88. The molecular weight excluding hydrogens is 314 g/mol. The summed E-state index contributed by atoms with van der Waals surface area (Å²) in [5.74, 6) is -0.959.